The summed E-state index contributed by atoms with van der Waals surface area (Å²) in [5.74, 6) is -1.87. The number of hydrogen-bond donors (Lipinski definition) is 1. The molecule has 0 fully saturated rings. The first kappa shape index (κ1) is 19.2. The van der Waals surface area contributed by atoms with Gasteiger partial charge in [-0.25, -0.2) is 9.18 Å². The zero-order valence-corrected chi connectivity index (χ0v) is 16.9. The molecule has 2 aromatic carbocycles. The van der Waals surface area contributed by atoms with Crippen molar-refractivity contribution in [1.29, 1.82) is 5.26 Å². The van der Waals surface area contributed by atoms with E-state index in [0.29, 0.717) is 22.6 Å². The number of hydrogen-bond acceptors (Lipinski definition) is 6. The van der Waals surface area contributed by atoms with Gasteiger partial charge in [-0.05, 0) is 24.3 Å². The SMILES string of the molecule is CN1C(=O)C2(C(C#N)=C(N)N(c3ccc(F)c(Cl)c3)C3=C2C(=O)OC3)c2ccccc21. The fourth-order valence-electron chi connectivity index (χ4n) is 4.62. The largest absolute Gasteiger partial charge is 0.456 e. The number of para-hydroxylation sites is 1. The Labute approximate surface area is 181 Å². The van der Waals surface area contributed by atoms with Crippen molar-refractivity contribution in [2.24, 2.45) is 5.73 Å². The molecule has 0 saturated carbocycles. The summed E-state index contributed by atoms with van der Waals surface area (Å²) in [6, 6.07) is 12.9. The molecule has 7 nitrogen and oxygen atoms in total. The number of ether oxygens (including phenoxy) is 1. The van der Waals surface area contributed by atoms with Gasteiger partial charge in [0.25, 0.3) is 0 Å². The van der Waals surface area contributed by atoms with E-state index in [-0.39, 0.29) is 28.6 Å². The van der Waals surface area contributed by atoms with Crippen molar-refractivity contribution in [2.75, 3.05) is 23.5 Å². The van der Waals surface area contributed by atoms with Crippen molar-refractivity contribution in [3.63, 3.8) is 0 Å². The monoisotopic (exact) mass is 436 g/mol. The highest BCUT2D eigenvalue weighted by molar-refractivity contribution is 6.31. The van der Waals surface area contributed by atoms with Gasteiger partial charge in [-0.15, -0.1) is 0 Å². The van der Waals surface area contributed by atoms with Gasteiger partial charge in [0.1, 0.15) is 29.7 Å². The van der Waals surface area contributed by atoms with E-state index < -0.39 is 23.1 Å². The molecule has 0 radical (unpaired) electrons. The quantitative estimate of drug-likeness (QED) is 0.690. The minimum absolute atomic E-state index is 0.0282. The molecule has 3 aliphatic heterocycles. The molecule has 0 aliphatic carbocycles. The highest BCUT2D eigenvalue weighted by atomic mass is 35.5. The van der Waals surface area contributed by atoms with Gasteiger partial charge in [-0.1, -0.05) is 29.8 Å². The summed E-state index contributed by atoms with van der Waals surface area (Å²) < 4.78 is 19.1. The van der Waals surface area contributed by atoms with Crippen LogP contribution >= 0.6 is 11.6 Å². The van der Waals surface area contributed by atoms with Crippen LogP contribution in [0.5, 0.6) is 0 Å². The minimum atomic E-state index is -1.71. The lowest BCUT2D eigenvalue weighted by Crippen LogP contribution is -2.50. The number of nitriles is 1. The summed E-state index contributed by atoms with van der Waals surface area (Å²) in [7, 11) is 1.58. The number of nitrogens with two attached hydrogens (primary N) is 1. The standard InChI is InChI=1S/C22H14ClFN4O3/c1-27-16-5-3-2-4-12(16)22(21(27)30)13(9-25)19(26)28(17-10-31-20(29)18(17)22)11-6-7-15(24)14(23)8-11/h2-8H,10,26H2,1H3. The number of nitrogens with zero attached hydrogens (tertiary/aromatic N) is 3. The topological polar surface area (TPSA) is 99.7 Å². The molecular weight excluding hydrogens is 423 g/mol. The van der Waals surface area contributed by atoms with Crippen LogP contribution in [0.15, 0.2) is 65.1 Å². The molecule has 3 heterocycles. The van der Waals surface area contributed by atoms with Crippen molar-refractivity contribution < 1.29 is 18.7 Å². The molecule has 5 rings (SSSR count). The number of cyclic esters (lactones) is 1. The van der Waals surface area contributed by atoms with E-state index in [9.17, 15) is 19.2 Å². The number of benzene rings is 2. The molecule has 1 atom stereocenters. The number of anilines is 2. The van der Waals surface area contributed by atoms with Crippen LogP contribution in [0.25, 0.3) is 0 Å². The maximum atomic E-state index is 13.7. The molecule has 1 spiro atoms. The van der Waals surface area contributed by atoms with Crippen LogP contribution in [0, 0.1) is 17.1 Å². The molecule has 0 bridgehead atoms. The number of halogens is 2. The van der Waals surface area contributed by atoms with E-state index >= 15 is 0 Å². The van der Waals surface area contributed by atoms with Crippen molar-refractivity contribution in [3.8, 4) is 6.07 Å². The number of rotatable bonds is 1. The average Bonchev–Trinajstić information content (AvgIpc) is 3.24. The Kier molecular flexibility index (Phi) is 3.91. The van der Waals surface area contributed by atoms with Gasteiger partial charge in [0, 0.05) is 24.0 Å². The second kappa shape index (κ2) is 6.33. The van der Waals surface area contributed by atoms with Crippen LogP contribution < -0.4 is 15.5 Å². The van der Waals surface area contributed by atoms with Crippen molar-refractivity contribution >= 4 is 34.9 Å². The highest BCUT2D eigenvalue weighted by Crippen LogP contribution is 2.55. The lowest BCUT2D eigenvalue weighted by molar-refractivity contribution is -0.137. The summed E-state index contributed by atoms with van der Waals surface area (Å²) in [6.07, 6.45) is 0. The Balaban J connectivity index is 1.87. The molecule has 1 amide bonds. The minimum Gasteiger partial charge on any atom is -0.456 e. The first-order valence-electron chi connectivity index (χ1n) is 9.28. The zero-order chi connectivity index (χ0) is 22.1. The molecule has 0 aromatic heterocycles. The van der Waals surface area contributed by atoms with Crippen molar-refractivity contribution in [1.82, 2.24) is 0 Å². The Morgan fingerprint density at radius 1 is 1.26 bits per heavy atom. The fourth-order valence-corrected chi connectivity index (χ4v) is 4.79. The van der Waals surface area contributed by atoms with Gasteiger partial charge >= 0.3 is 5.97 Å². The third-order valence-corrected chi connectivity index (χ3v) is 6.21. The highest BCUT2D eigenvalue weighted by Gasteiger charge is 2.63. The summed E-state index contributed by atoms with van der Waals surface area (Å²) in [5.41, 5.74) is 6.35. The van der Waals surface area contributed by atoms with E-state index in [0.717, 1.165) is 6.07 Å². The smallest absolute Gasteiger partial charge is 0.338 e. The molecule has 9 heteroatoms. The van der Waals surface area contributed by atoms with Crippen LogP contribution in [0.2, 0.25) is 5.02 Å². The van der Waals surface area contributed by atoms with E-state index in [1.165, 1.54) is 21.9 Å². The Morgan fingerprint density at radius 2 is 2.00 bits per heavy atom. The van der Waals surface area contributed by atoms with E-state index in [1.807, 2.05) is 0 Å². The van der Waals surface area contributed by atoms with Gasteiger partial charge < -0.3 is 15.4 Å². The predicted octanol–water partition coefficient (Wildman–Crippen LogP) is 2.72. The molecule has 31 heavy (non-hydrogen) atoms. The van der Waals surface area contributed by atoms with E-state index in [1.54, 1.807) is 31.3 Å². The second-order valence-corrected chi connectivity index (χ2v) is 7.74. The number of fused-ring (bicyclic) bond motifs is 3. The number of amides is 1. The molecule has 3 aliphatic rings. The second-order valence-electron chi connectivity index (χ2n) is 7.34. The van der Waals surface area contributed by atoms with Gasteiger partial charge in [-0.3, -0.25) is 9.69 Å². The summed E-state index contributed by atoms with van der Waals surface area (Å²) in [5, 5.41) is 9.99. The van der Waals surface area contributed by atoms with Gasteiger partial charge in [0.05, 0.1) is 21.9 Å². The first-order valence-corrected chi connectivity index (χ1v) is 9.65. The molecule has 2 aromatic rings. The first-order chi connectivity index (χ1) is 14.8. The molecular formula is C22H14ClFN4O3. The third kappa shape index (κ3) is 2.21. The van der Waals surface area contributed by atoms with Gasteiger partial charge in [0.2, 0.25) is 5.91 Å². The zero-order valence-electron chi connectivity index (χ0n) is 16.1. The molecule has 0 saturated heterocycles. The molecule has 2 N–H and O–H groups in total. The van der Waals surface area contributed by atoms with E-state index in [4.69, 9.17) is 22.1 Å². The number of esters is 1. The summed E-state index contributed by atoms with van der Waals surface area (Å²) in [6.45, 7) is -0.163. The molecule has 154 valence electrons. The lowest BCUT2D eigenvalue weighted by Gasteiger charge is -2.38. The Hall–Kier alpha value is -3.83. The lowest BCUT2D eigenvalue weighted by atomic mass is 9.67. The van der Waals surface area contributed by atoms with Crippen molar-refractivity contribution in [2.45, 2.75) is 5.41 Å². The number of carbonyl (C=O) groups excluding carboxylic acids is 2. The normalized spacial score (nSPS) is 22.1. The maximum Gasteiger partial charge on any atom is 0.338 e. The molecule has 1 unspecified atom stereocenters. The number of likely N-dealkylation sites (N-methyl/N-ethyl adjacent to an activating group) is 1. The van der Waals surface area contributed by atoms with Crippen molar-refractivity contribution in [3.05, 3.63) is 81.5 Å². The van der Waals surface area contributed by atoms with Crippen LogP contribution in [0.1, 0.15) is 5.56 Å². The van der Waals surface area contributed by atoms with Gasteiger partial charge in [-0.2, -0.15) is 5.26 Å². The Morgan fingerprint density at radius 3 is 2.71 bits per heavy atom. The fraction of sp³-hybridized carbons (Fsp3) is 0.136. The van der Waals surface area contributed by atoms with Crippen LogP contribution in [0.4, 0.5) is 15.8 Å². The van der Waals surface area contributed by atoms with Crippen LogP contribution in [-0.2, 0) is 19.7 Å². The van der Waals surface area contributed by atoms with Crippen LogP contribution in [0.3, 0.4) is 0 Å². The Bertz CT molecular complexity index is 1310. The van der Waals surface area contributed by atoms with Gasteiger partial charge in [0.15, 0.2) is 0 Å². The predicted molar refractivity (Wildman–Crippen MR) is 110 cm³/mol. The average molecular weight is 437 g/mol. The van der Waals surface area contributed by atoms with Crippen LogP contribution in [-0.4, -0.2) is 25.5 Å². The number of carbonyl (C=O) groups is 2. The summed E-state index contributed by atoms with van der Waals surface area (Å²) >= 11 is 5.95. The third-order valence-electron chi connectivity index (χ3n) is 5.92. The summed E-state index contributed by atoms with van der Waals surface area (Å²) in [4.78, 5) is 29.4. The maximum absolute atomic E-state index is 13.7. The van der Waals surface area contributed by atoms with E-state index in [2.05, 4.69) is 6.07 Å².